The summed E-state index contributed by atoms with van der Waals surface area (Å²) in [4.78, 5) is 16.2. The Kier molecular flexibility index (Phi) is 6.07. The van der Waals surface area contributed by atoms with E-state index in [2.05, 4.69) is 0 Å². The van der Waals surface area contributed by atoms with Crippen molar-refractivity contribution in [2.24, 2.45) is 5.92 Å². The number of benzene rings is 1. The number of halogens is 2. The molecule has 0 bridgehead atoms. The molecule has 0 radical (unpaired) electrons. The van der Waals surface area contributed by atoms with Crippen LogP contribution in [0.25, 0.3) is 5.57 Å². The smallest absolute Gasteiger partial charge is 0.320 e. The summed E-state index contributed by atoms with van der Waals surface area (Å²) in [6.45, 7) is 2.40. The summed E-state index contributed by atoms with van der Waals surface area (Å²) in [5, 5.41) is 18.7. The van der Waals surface area contributed by atoms with Gasteiger partial charge in [-0.05, 0) is 49.3 Å². The second kappa shape index (κ2) is 8.49. The van der Waals surface area contributed by atoms with E-state index in [0.717, 1.165) is 30.5 Å². The van der Waals surface area contributed by atoms with Crippen molar-refractivity contribution in [3.05, 3.63) is 41.0 Å². The summed E-state index contributed by atoms with van der Waals surface area (Å²) in [7, 11) is 0. The molecule has 7 heteroatoms. The summed E-state index contributed by atoms with van der Waals surface area (Å²) in [5.74, 6) is -1.15. The average Bonchev–Trinajstić information content (AvgIpc) is 2.70. The van der Waals surface area contributed by atoms with Crippen molar-refractivity contribution in [3.8, 4) is 6.07 Å². The fourth-order valence-electron chi connectivity index (χ4n) is 3.75. The molecule has 0 aliphatic carbocycles. The molecule has 1 aromatic carbocycles. The molecule has 2 amide bonds. The van der Waals surface area contributed by atoms with Gasteiger partial charge in [0.15, 0.2) is 0 Å². The van der Waals surface area contributed by atoms with Crippen molar-refractivity contribution in [3.63, 3.8) is 0 Å². The third-order valence-corrected chi connectivity index (χ3v) is 5.45. The van der Waals surface area contributed by atoms with E-state index in [1.54, 1.807) is 4.90 Å². The Balaban J connectivity index is 1.66. The van der Waals surface area contributed by atoms with Crippen molar-refractivity contribution >= 4 is 11.6 Å². The van der Waals surface area contributed by atoms with Crippen LogP contribution in [0.15, 0.2) is 23.8 Å². The predicted molar refractivity (Wildman–Crippen MR) is 96.5 cm³/mol. The van der Waals surface area contributed by atoms with Crippen molar-refractivity contribution in [1.82, 2.24) is 9.80 Å². The molecule has 2 saturated heterocycles. The van der Waals surface area contributed by atoms with E-state index in [1.165, 1.54) is 6.07 Å². The van der Waals surface area contributed by atoms with Crippen LogP contribution in [0.3, 0.4) is 0 Å². The van der Waals surface area contributed by atoms with Gasteiger partial charge in [-0.25, -0.2) is 13.6 Å². The molecule has 2 fully saturated rings. The van der Waals surface area contributed by atoms with Gasteiger partial charge in [-0.2, -0.15) is 5.26 Å². The molecule has 27 heavy (non-hydrogen) atoms. The summed E-state index contributed by atoms with van der Waals surface area (Å²) in [6.07, 6.45) is 2.62. The Bertz CT molecular complexity index is 770. The molecule has 2 aliphatic rings. The zero-order valence-electron chi connectivity index (χ0n) is 15.1. The normalized spacial score (nSPS) is 18.4. The summed E-state index contributed by atoms with van der Waals surface area (Å²) in [6, 6.07) is 5.24. The van der Waals surface area contributed by atoms with Crippen LogP contribution in [-0.2, 0) is 0 Å². The standard InChI is InChI=1S/C20H23F2N3O2/c21-16-1-2-17(19(22)11-16)18(12-23)15-5-9-25(10-6-15)20(27)24-7-3-14(13-26)4-8-24/h1-2,11,14,26H,3-10,13H2. The number of amides is 2. The van der Waals surface area contributed by atoms with Crippen LogP contribution in [0.5, 0.6) is 0 Å². The van der Waals surface area contributed by atoms with Crippen molar-refractivity contribution in [1.29, 1.82) is 5.26 Å². The number of hydrogen-bond acceptors (Lipinski definition) is 3. The Morgan fingerprint density at radius 1 is 1.15 bits per heavy atom. The van der Waals surface area contributed by atoms with Gasteiger partial charge in [0.2, 0.25) is 0 Å². The Morgan fingerprint density at radius 3 is 2.33 bits per heavy atom. The molecular weight excluding hydrogens is 352 g/mol. The van der Waals surface area contributed by atoms with E-state index in [4.69, 9.17) is 0 Å². The number of carbonyl (C=O) groups excluding carboxylic acids is 1. The van der Waals surface area contributed by atoms with Gasteiger partial charge in [0, 0.05) is 44.4 Å². The van der Waals surface area contributed by atoms with Crippen LogP contribution in [0.4, 0.5) is 13.6 Å². The third kappa shape index (κ3) is 4.28. The zero-order chi connectivity index (χ0) is 19.4. The number of rotatable bonds is 2. The second-order valence-corrected chi connectivity index (χ2v) is 7.10. The first kappa shape index (κ1) is 19.3. The van der Waals surface area contributed by atoms with Crippen LogP contribution in [0, 0.1) is 28.9 Å². The summed E-state index contributed by atoms with van der Waals surface area (Å²) in [5.41, 5.74) is 1.15. The highest BCUT2D eigenvalue weighted by molar-refractivity contribution is 5.80. The lowest BCUT2D eigenvalue weighted by molar-refractivity contribution is 0.112. The van der Waals surface area contributed by atoms with E-state index in [9.17, 15) is 23.9 Å². The number of nitriles is 1. The van der Waals surface area contributed by atoms with Gasteiger partial charge in [0.05, 0.1) is 11.6 Å². The SMILES string of the molecule is N#CC(=C1CCN(C(=O)N2CCC(CO)CC2)CC1)c1ccc(F)cc1F. The topological polar surface area (TPSA) is 67.6 Å². The van der Waals surface area contributed by atoms with Gasteiger partial charge in [-0.1, -0.05) is 0 Å². The van der Waals surface area contributed by atoms with E-state index in [0.29, 0.717) is 39.0 Å². The highest BCUT2D eigenvalue weighted by atomic mass is 19.1. The fraction of sp³-hybridized carbons (Fsp3) is 0.500. The molecule has 2 aliphatic heterocycles. The van der Waals surface area contributed by atoms with Gasteiger partial charge in [-0.15, -0.1) is 0 Å². The average molecular weight is 375 g/mol. The number of hydrogen-bond donors (Lipinski definition) is 1. The number of aliphatic hydroxyl groups is 1. The van der Waals surface area contributed by atoms with Crippen molar-refractivity contribution < 1.29 is 18.7 Å². The summed E-state index contributed by atoms with van der Waals surface area (Å²) < 4.78 is 27.2. The maximum atomic E-state index is 14.0. The maximum absolute atomic E-state index is 14.0. The lowest BCUT2D eigenvalue weighted by atomic mass is 9.93. The molecule has 0 saturated carbocycles. The number of piperidine rings is 2. The maximum Gasteiger partial charge on any atom is 0.320 e. The molecular formula is C20H23F2N3O2. The Labute approximate surface area is 157 Å². The number of likely N-dealkylation sites (tertiary alicyclic amines) is 2. The van der Waals surface area contributed by atoms with Crippen molar-refractivity contribution in [2.75, 3.05) is 32.8 Å². The minimum absolute atomic E-state index is 0.0167. The van der Waals surface area contributed by atoms with Gasteiger partial charge in [0.25, 0.3) is 0 Å². The van der Waals surface area contributed by atoms with Gasteiger partial charge < -0.3 is 14.9 Å². The van der Waals surface area contributed by atoms with Gasteiger partial charge >= 0.3 is 6.03 Å². The largest absolute Gasteiger partial charge is 0.396 e. The molecule has 2 heterocycles. The molecule has 5 nitrogen and oxygen atoms in total. The molecule has 144 valence electrons. The fourth-order valence-corrected chi connectivity index (χ4v) is 3.75. The van der Waals surface area contributed by atoms with Crippen molar-refractivity contribution in [2.45, 2.75) is 25.7 Å². The van der Waals surface area contributed by atoms with E-state index >= 15 is 0 Å². The first-order valence-electron chi connectivity index (χ1n) is 9.25. The predicted octanol–water partition coefficient (Wildman–Crippen LogP) is 3.16. The molecule has 1 N–H and O–H groups in total. The van der Waals surface area contributed by atoms with Crippen LogP contribution in [0.1, 0.15) is 31.2 Å². The van der Waals surface area contributed by atoms with E-state index in [-0.39, 0.29) is 29.7 Å². The van der Waals surface area contributed by atoms with Crippen LogP contribution < -0.4 is 0 Å². The minimum atomic E-state index is -0.746. The Morgan fingerprint density at radius 2 is 1.78 bits per heavy atom. The molecule has 0 aromatic heterocycles. The van der Waals surface area contributed by atoms with E-state index < -0.39 is 11.6 Å². The highest BCUT2D eigenvalue weighted by Gasteiger charge is 2.28. The number of nitrogens with zero attached hydrogens (tertiary/aromatic N) is 3. The number of allylic oxidation sites excluding steroid dienone is 1. The monoisotopic (exact) mass is 375 g/mol. The Hall–Kier alpha value is -2.46. The van der Waals surface area contributed by atoms with Crippen LogP contribution >= 0.6 is 0 Å². The van der Waals surface area contributed by atoms with Crippen LogP contribution in [-0.4, -0.2) is 53.7 Å². The molecule has 3 rings (SSSR count). The lowest BCUT2D eigenvalue weighted by Gasteiger charge is -2.37. The molecule has 0 unspecified atom stereocenters. The first-order chi connectivity index (χ1) is 13.0. The number of carbonyl (C=O) groups is 1. The summed E-state index contributed by atoms with van der Waals surface area (Å²) >= 11 is 0. The second-order valence-electron chi connectivity index (χ2n) is 7.10. The number of aliphatic hydroxyl groups excluding tert-OH is 1. The quantitative estimate of drug-likeness (QED) is 0.808. The highest BCUT2D eigenvalue weighted by Crippen LogP contribution is 2.29. The van der Waals surface area contributed by atoms with Crippen LogP contribution in [0.2, 0.25) is 0 Å². The van der Waals surface area contributed by atoms with Gasteiger partial charge in [0.1, 0.15) is 11.6 Å². The number of urea groups is 1. The van der Waals surface area contributed by atoms with E-state index in [1.807, 2.05) is 11.0 Å². The molecule has 0 spiro atoms. The minimum Gasteiger partial charge on any atom is -0.396 e. The molecule has 0 atom stereocenters. The van der Waals surface area contributed by atoms with Gasteiger partial charge in [-0.3, -0.25) is 0 Å². The zero-order valence-corrected chi connectivity index (χ0v) is 15.1. The first-order valence-corrected chi connectivity index (χ1v) is 9.25. The lowest BCUT2D eigenvalue weighted by Crippen LogP contribution is -2.48. The molecule has 1 aromatic rings. The third-order valence-electron chi connectivity index (χ3n) is 5.45.